The van der Waals surface area contributed by atoms with Gasteiger partial charge in [0.2, 0.25) is 0 Å². The van der Waals surface area contributed by atoms with Crippen molar-refractivity contribution in [1.82, 2.24) is 4.90 Å². The Labute approximate surface area is 199 Å². The van der Waals surface area contributed by atoms with Crippen molar-refractivity contribution in [2.24, 2.45) is 5.92 Å². The number of carboxylic acids is 1. The zero-order valence-corrected chi connectivity index (χ0v) is 20.0. The number of likely N-dealkylation sites (tertiary alicyclic amines) is 1. The summed E-state index contributed by atoms with van der Waals surface area (Å²) >= 11 is 1.79. The number of nitrogens with zero attached hydrogens (tertiary/aromatic N) is 1. The Hall–Kier alpha value is -2.83. The molecule has 0 amide bonds. The second kappa shape index (κ2) is 10.9. The highest BCUT2D eigenvalue weighted by molar-refractivity contribution is 7.12. The Morgan fingerprint density at radius 2 is 1.82 bits per heavy atom. The van der Waals surface area contributed by atoms with Gasteiger partial charge in [0.1, 0.15) is 6.61 Å². The Morgan fingerprint density at radius 1 is 1.06 bits per heavy atom. The number of rotatable bonds is 9. The summed E-state index contributed by atoms with van der Waals surface area (Å²) in [6.45, 7) is 6.65. The first-order valence-corrected chi connectivity index (χ1v) is 12.3. The van der Waals surface area contributed by atoms with E-state index in [9.17, 15) is 9.90 Å². The Bertz CT molecular complexity index is 1060. The van der Waals surface area contributed by atoms with Crippen LogP contribution in [0.25, 0.3) is 0 Å². The van der Waals surface area contributed by atoms with Crippen LogP contribution in [0.2, 0.25) is 0 Å². The van der Waals surface area contributed by atoms with Crippen molar-refractivity contribution < 1.29 is 19.4 Å². The van der Waals surface area contributed by atoms with Crippen molar-refractivity contribution >= 4 is 17.3 Å². The van der Waals surface area contributed by atoms with Gasteiger partial charge in [-0.2, -0.15) is 0 Å². The molecule has 0 bridgehead atoms. The predicted molar refractivity (Wildman–Crippen MR) is 131 cm³/mol. The first kappa shape index (κ1) is 23.3. The molecule has 174 valence electrons. The van der Waals surface area contributed by atoms with Gasteiger partial charge in [-0.05, 0) is 75.2 Å². The van der Waals surface area contributed by atoms with E-state index in [1.807, 2.05) is 43.3 Å². The summed E-state index contributed by atoms with van der Waals surface area (Å²) in [4.78, 5) is 16.4. The van der Waals surface area contributed by atoms with E-state index in [-0.39, 0.29) is 12.0 Å². The van der Waals surface area contributed by atoms with Gasteiger partial charge >= 0.3 is 5.97 Å². The Morgan fingerprint density at radius 3 is 2.45 bits per heavy atom. The number of carbonyl (C=O) groups is 1. The van der Waals surface area contributed by atoms with Gasteiger partial charge in [-0.15, -0.1) is 11.3 Å². The first-order valence-electron chi connectivity index (χ1n) is 11.5. The van der Waals surface area contributed by atoms with E-state index in [1.54, 1.807) is 11.3 Å². The van der Waals surface area contributed by atoms with Crippen LogP contribution in [0.3, 0.4) is 0 Å². The fourth-order valence-electron chi connectivity index (χ4n) is 4.38. The van der Waals surface area contributed by atoms with E-state index in [0.717, 1.165) is 35.7 Å². The lowest BCUT2D eigenvalue weighted by molar-refractivity contribution is -0.143. The molecule has 0 radical (unpaired) electrons. The maximum absolute atomic E-state index is 11.4. The third kappa shape index (κ3) is 5.75. The van der Waals surface area contributed by atoms with Crippen LogP contribution in [0.15, 0.2) is 60.7 Å². The fourth-order valence-corrected chi connectivity index (χ4v) is 5.42. The molecule has 3 aromatic rings. The monoisotopic (exact) mass is 465 g/mol. The number of aliphatic carboxylic acids is 1. The SMILES string of the molecule is CCOc1cc(C(c2ccc(C)s2)N2CCC(C(=O)O)CC2)ccc1OCc1ccccc1. The van der Waals surface area contributed by atoms with Gasteiger partial charge in [-0.25, -0.2) is 0 Å². The topological polar surface area (TPSA) is 59.0 Å². The summed E-state index contributed by atoms with van der Waals surface area (Å²) in [7, 11) is 0. The van der Waals surface area contributed by atoms with Crippen LogP contribution in [-0.4, -0.2) is 35.7 Å². The molecule has 2 heterocycles. The molecule has 1 unspecified atom stereocenters. The van der Waals surface area contributed by atoms with Gasteiger partial charge in [0.15, 0.2) is 11.5 Å². The van der Waals surface area contributed by atoms with E-state index in [2.05, 4.69) is 36.1 Å². The molecule has 0 saturated carbocycles. The van der Waals surface area contributed by atoms with Gasteiger partial charge in [0.25, 0.3) is 0 Å². The lowest BCUT2D eigenvalue weighted by Crippen LogP contribution is -2.39. The number of thiophene rings is 1. The number of piperidine rings is 1. The van der Waals surface area contributed by atoms with Gasteiger partial charge in [-0.1, -0.05) is 36.4 Å². The summed E-state index contributed by atoms with van der Waals surface area (Å²) in [6.07, 6.45) is 1.35. The van der Waals surface area contributed by atoms with Crippen LogP contribution in [0.1, 0.15) is 46.7 Å². The molecule has 1 N–H and O–H groups in total. The molecule has 33 heavy (non-hydrogen) atoms. The minimum Gasteiger partial charge on any atom is -0.490 e. The Kier molecular flexibility index (Phi) is 7.68. The molecule has 5 nitrogen and oxygen atoms in total. The van der Waals surface area contributed by atoms with Crippen LogP contribution in [0.4, 0.5) is 0 Å². The van der Waals surface area contributed by atoms with E-state index >= 15 is 0 Å². The van der Waals surface area contributed by atoms with Crippen molar-refractivity contribution in [3.63, 3.8) is 0 Å². The summed E-state index contributed by atoms with van der Waals surface area (Å²) in [6, 6.07) is 20.7. The van der Waals surface area contributed by atoms with Crippen LogP contribution >= 0.6 is 11.3 Å². The number of benzene rings is 2. The van der Waals surface area contributed by atoms with Crippen molar-refractivity contribution in [2.75, 3.05) is 19.7 Å². The molecule has 0 spiro atoms. The van der Waals surface area contributed by atoms with Crippen LogP contribution in [0, 0.1) is 12.8 Å². The second-order valence-corrected chi connectivity index (χ2v) is 9.73. The molecular formula is C27H31NO4S. The molecule has 6 heteroatoms. The van der Waals surface area contributed by atoms with E-state index in [0.29, 0.717) is 26.1 Å². The minimum atomic E-state index is -0.684. The Balaban J connectivity index is 1.60. The maximum Gasteiger partial charge on any atom is 0.306 e. The highest BCUT2D eigenvalue weighted by Gasteiger charge is 2.31. The second-order valence-electron chi connectivity index (χ2n) is 8.41. The van der Waals surface area contributed by atoms with Gasteiger partial charge in [-0.3, -0.25) is 9.69 Å². The van der Waals surface area contributed by atoms with Crippen LogP contribution < -0.4 is 9.47 Å². The largest absolute Gasteiger partial charge is 0.490 e. The fraction of sp³-hybridized carbons (Fsp3) is 0.370. The highest BCUT2D eigenvalue weighted by atomic mass is 32.1. The molecule has 1 fully saturated rings. The number of ether oxygens (including phenoxy) is 2. The quantitative estimate of drug-likeness (QED) is 0.425. The summed E-state index contributed by atoms with van der Waals surface area (Å²) in [5, 5.41) is 9.41. The summed E-state index contributed by atoms with van der Waals surface area (Å²) < 4.78 is 12.1. The minimum absolute atomic E-state index is 0.0702. The average Bonchev–Trinajstić information content (AvgIpc) is 3.25. The van der Waals surface area contributed by atoms with Crippen molar-refractivity contribution in [2.45, 2.75) is 39.3 Å². The first-order chi connectivity index (χ1) is 16.0. The van der Waals surface area contributed by atoms with E-state index in [4.69, 9.17) is 9.47 Å². The number of carboxylic acid groups (broad SMARTS) is 1. The number of hydrogen-bond acceptors (Lipinski definition) is 5. The molecule has 1 atom stereocenters. The van der Waals surface area contributed by atoms with E-state index < -0.39 is 5.97 Å². The number of aryl methyl sites for hydroxylation is 1. The van der Waals surface area contributed by atoms with Crippen LogP contribution in [-0.2, 0) is 11.4 Å². The zero-order chi connectivity index (χ0) is 23.2. The summed E-state index contributed by atoms with van der Waals surface area (Å²) in [5.74, 6) is 0.538. The third-order valence-electron chi connectivity index (χ3n) is 6.10. The van der Waals surface area contributed by atoms with Crippen LogP contribution in [0.5, 0.6) is 11.5 Å². The van der Waals surface area contributed by atoms with Crippen molar-refractivity contribution in [3.8, 4) is 11.5 Å². The molecule has 0 aliphatic carbocycles. The van der Waals surface area contributed by atoms with E-state index in [1.165, 1.54) is 9.75 Å². The molecule has 1 aromatic heterocycles. The standard InChI is InChI=1S/C27H31NO4S/c1-3-31-24-17-22(10-11-23(24)32-18-20-7-5-4-6-8-20)26(25-12-9-19(2)33-25)28-15-13-21(14-16-28)27(29)30/h4-12,17,21,26H,3,13-16,18H2,1-2H3,(H,29,30). The molecular weight excluding hydrogens is 434 g/mol. The third-order valence-corrected chi connectivity index (χ3v) is 7.15. The maximum atomic E-state index is 11.4. The molecule has 2 aromatic carbocycles. The average molecular weight is 466 g/mol. The van der Waals surface area contributed by atoms with Gasteiger partial charge in [0.05, 0.1) is 18.6 Å². The normalized spacial score (nSPS) is 15.8. The molecule has 4 rings (SSSR count). The zero-order valence-electron chi connectivity index (χ0n) is 19.2. The lowest BCUT2D eigenvalue weighted by Gasteiger charge is -2.36. The lowest BCUT2D eigenvalue weighted by atomic mass is 9.93. The molecule has 1 saturated heterocycles. The smallest absolute Gasteiger partial charge is 0.306 e. The molecule has 1 aliphatic heterocycles. The molecule has 1 aliphatic rings. The van der Waals surface area contributed by atoms with Gasteiger partial charge in [0, 0.05) is 9.75 Å². The summed E-state index contributed by atoms with van der Waals surface area (Å²) in [5.41, 5.74) is 2.25. The predicted octanol–water partition coefficient (Wildman–Crippen LogP) is 5.92. The van der Waals surface area contributed by atoms with Gasteiger partial charge < -0.3 is 14.6 Å². The number of hydrogen-bond donors (Lipinski definition) is 1. The van der Waals surface area contributed by atoms with Crippen molar-refractivity contribution in [3.05, 3.63) is 81.5 Å². The highest BCUT2D eigenvalue weighted by Crippen LogP contribution is 2.39. The van der Waals surface area contributed by atoms with Crippen molar-refractivity contribution in [1.29, 1.82) is 0 Å².